The number of fused-ring (bicyclic) bond motifs is 2. The molecule has 2 N–H and O–H groups in total. The zero-order valence-corrected chi connectivity index (χ0v) is 11.6. The van der Waals surface area contributed by atoms with Crippen molar-refractivity contribution in [1.29, 1.82) is 0 Å². The molecule has 0 aliphatic rings. The second-order valence-corrected chi connectivity index (χ2v) is 5.05. The highest BCUT2D eigenvalue weighted by Crippen LogP contribution is 2.22. The molecule has 0 saturated heterocycles. The summed E-state index contributed by atoms with van der Waals surface area (Å²) in [5, 5.41) is 12.6. The van der Waals surface area contributed by atoms with Crippen LogP contribution in [0.25, 0.3) is 22.0 Å². The van der Waals surface area contributed by atoms with E-state index in [1.807, 2.05) is 25.1 Å². The lowest BCUT2D eigenvalue weighted by atomic mass is 10.1. The van der Waals surface area contributed by atoms with E-state index in [9.17, 15) is 0 Å². The lowest BCUT2D eigenvalue weighted by Crippen LogP contribution is -2.00. The number of nitrogens with one attached hydrogen (secondary N) is 2. The predicted octanol–water partition coefficient (Wildman–Crippen LogP) is 3.62. The summed E-state index contributed by atoms with van der Waals surface area (Å²) >= 11 is 0. The highest BCUT2D eigenvalue weighted by molar-refractivity contribution is 5.82. The molecule has 0 spiro atoms. The van der Waals surface area contributed by atoms with E-state index in [4.69, 9.17) is 4.42 Å². The zero-order chi connectivity index (χ0) is 14.2. The predicted molar refractivity (Wildman–Crippen MR) is 82.2 cm³/mol. The fourth-order valence-corrected chi connectivity index (χ4v) is 2.51. The summed E-state index contributed by atoms with van der Waals surface area (Å²) in [6.07, 6.45) is 3.52. The third kappa shape index (κ3) is 2.03. The van der Waals surface area contributed by atoms with Crippen molar-refractivity contribution in [3.05, 3.63) is 54.0 Å². The van der Waals surface area contributed by atoms with Crippen LogP contribution in [0.4, 0.5) is 5.69 Å². The van der Waals surface area contributed by atoms with Crippen molar-refractivity contribution in [3.8, 4) is 0 Å². The van der Waals surface area contributed by atoms with Crippen LogP contribution >= 0.6 is 0 Å². The maximum absolute atomic E-state index is 5.54. The van der Waals surface area contributed by atoms with Crippen molar-refractivity contribution in [2.24, 2.45) is 0 Å². The topological polar surface area (TPSA) is 66.7 Å². The maximum Gasteiger partial charge on any atom is 0.181 e. The molecule has 5 nitrogen and oxygen atoms in total. The van der Waals surface area contributed by atoms with Crippen LogP contribution in [-0.2, 0) is 6.54 Å². The number of aromatic nitrogens is 3. The Kier molecular flexibility index (Phi) is 2.64. The van der Waals surface area contributed by atoms with E-state index in [0.29, 0.717) is 6.54 Å². The molecule has 1 aromatic carbocycles. The number of aryl methyl sites for hydroxylation is 1. The number of rotatable bonds is 3. The third-order valence-electron chi connectivity index (χ3n) is 3.64. The number of hydrogen-bond acceptors (Lipinski definition) is 4. The number of benzene rings is 1. The zero-order valence-electron chi connectivity index (χ0n) is 11.6. The van der Waals surface area contributed by atoms with Crippen molar-refractivity contribution >= 4 is 27.7 Å². The summed E-state index contributed by atoms with van der Waals surface area (Å²) < 4.78 is 5.54. The number of nitrogens with zero attached hydrogens (tertiary/aromatic N) is 2. The molecule has 4 rings (SSSR count). The monoisotopic (exact) mass is 278 g/mol. The van der Waals surface area contributed by atoms with Gasteiger partial charge in [0.15, 0.2) is 5.65 Å². The van der Waals surface area contributed by atoms with Gasteiger partial charge in [-0.1, -0.05) is 18.2 Å². The van der Waals surface area contributed by atoms with Gasteiger partial charge in [0.2, 0.25) is 0 Å². The first-order valence-corrected chi connectivity index (χ1v) is 6.81. The molecule has 0 saturated carbocycles. The molecule has 0 aliphatic carbocycles. The van der Waals surface area contributed by atoms with E-state index < -0.39 is 0 Å². The SMILES string of the molecule is Cc1[nH]nc2ncc(NCc3cccc4ccoc34)cc12. The van der Waals surface area contributed by atoms with Gasteiger partial charge in [-0.15, -0.1) is 0 Å². The first-order chi connectivity index (χ1) is 10.3. The number of pyridine rings is 1. The smallest absolute Gasteiger partial charge is 0.181 e. The number of aromatic amines is 1. The molecule has 3 heterocycles. The summed E-state index contributed by atoms with van der Waals surface area (Å²) in [5.41, 5.74) is 4.79. The normalized spacial score (nSPS) is 11.3. The quantitative estimate of drug-likeness (QED) is 0.600. The second-order valence-electron chi connectivity index (χ2n) is 5.05. The van der Waals surface area contributed by atoms with Gasteiger partial charge in [-0.3, -0.25) is 5.10 Å². The Morgan fingerprint density at radius 2 is 2.24 bits per heavy atom. The molecule has 0 unspecified atom stereocenters. The third-order valence-corrected chi connectivity index (χ3v) is 3.64. The number of furan rings is 1. The van der Waals surface area contributed by atoms with Crippen LogP contribution < -0.4 is 5.32 Å². The van der Waals surface area contributed by atoms with Gasteiger partial charge in [0.1, 0.15) is 5.58 Å². The largest absolute Gasteiger partial charge is 0.464 e. The summed E-state index contributed by atoms with van der Waals surface area (Å²) in [6, 6.07) is 10.2. The van der Waals surface area contributed by atoms with E-state index in [1.165, 1.54) is 0 Å². The molecule has 5 heteroatoms. The summed E-state index contributed by atoms with van der Waals surface area (Å²) in [4.78, 5) is 4.34. The van der Waals surface area contributed by atoms with Crippen molar-refractivity contribution in [2.45, 2.75) is 13.5 Å². The molecule has 0 bridgehead atoms. The van der Waals surface area contributed by atoms with E-state index >= 15 is 0 Å². The standard InChI is InChI=1S/C16H14N4O/c1-10-14-7-13(9-18-16(14)20-19-10)17-8-12-4-2-3-11-5-6-21-15(11)12/h2-7,9,17H,8H2,1H3,(H,18,19,20). The van der Waals surface area contributed by atoms with Crippen molar-refractivity contribution in [1.82, 2.24) is 15.2 Å². The van der Waals surface area contributed by atoms with Crippen LogP contribution in [0.3, 0.4) is 0 Å². The number of para-hydroxylation sites is 1. The summed E-state index contributed by atoms with van der Waals surface area (Å²) in [5.74, 6) is 0. The molecule has 0 amide bonds. The van der Waals surface area contributed by atoms with E-state index in [0.717, 1.165) is 38.9 Å². The Labute approximate surface area is 121 Å². The fourth-order valence-electron chi connectivity index (χ4n) is 2.51. The van der Waals surface area contributed by atoms with E-state index in [1.54, 1.807) is 12.5 Å². The second kappa shape index (κ2) is 4.63. The minimum atomic E-state index is 0.689. The molecule has 0 radical (unpaired) electrons. The van der Waals surface area contributed by atoms with Gasteiger partial charge in [0.25, 0.3) is 0 Å². The number of anilines is 1. The van der Waals surface area contributed by atoms with Gasteiger partial charge in [-0.2, -0.15) is 5.10 Å². The molecule has 21 heavy (non-hydrogen) atoms. The number of hydrogen-bond donors (Lipinski definition) is 2. The highest BCUT2D eigenvalue weighted by atomic mass is 16.3. The van der Waals surface area contributed by atoms with Gasteiger partial charge < -0.3 is 9.73 Å². The summed E-state index contributed by atoms with van der Waals surface area (Å²) in [7, 11) is 0. The molecule has 104 valence electrons. The maximum atomic E-state index is 5.54. The lowest BCUT2D eigenvalue weighted by molar-refractivity contribution is 0.611. The van der Waals surface area contributed by atoms with Gasteiger partial charge in [-0.25, -0.2) is 4.98 Å². The number of H-pyrrole nitrogens is 1. The average Bonchev–Trinajstić information content (AvgIpc) is 3.12. The van der Waals surface area contributed by atoms with Crippen molar-refractivity contribution in [3.63, 3.8) is 0 Å². The average molecular weight is 278 g/mol. The van der Waals surface area contributed by atoms with Crippen LogP contribution in [0.1, 0.15) is 11.3 Å². The van der Waals surface area contributed by atoms with Gasteiger partial charge in [-0.05, 0) is 19.1 Å². The van der Waals surface area contributed by atoms with E-state index in [-0.39, 0.29) is 0 Å². The van der Waals surface area contributed by atoms with Crippen LogP contribution in [0.15, 0.2) is 47.2 Å². The van der Waals surface area contributed by atoms with E-state index in [2.05, 4.69) is 32.6 Å². The summed E-state index contributed by atoms with van der Waals surface area (Å²) in [6.45, 7) is 2.68. The van der Waals surface area contributed by atoms with Crippen molar-refractivity contribution < 1.29 is 4.42 Å². The van der Waals surface area contributed by atoms with Crippen LogP contribution in [0.5, 0.6) is 0 Å². The highest BCUT2D eigenvalue weighted by Gasteiger charge is 2.06. The van der Waals surface area contributed by atoms with Crippen molar-refractivity contribution in [2.75, 3.05) is 5.32 Å². The van der Waals surface area contributed by atoms with Crippen LogP contribution in [0.2, 0.25) is 0 Å². The molecule has 3 aromatic heterocycles. The lowest BCUT2D eigenvalue weighted by Gasteiger charge is -2.06. The molecule has 0 atom stereocenters. The fraction of sp³-hybridized carbons (Fsp3) is 0.125. The van der Waals surface area contributed by atoms with Gasteiger partial charge in [0.05, 0.1) is 18.1 Å². The molecule has 4 aromatic rings. The Hall–Kier alpha value is -2.82. The Morgan fingerprint density at radius 1 is 1.29 bits per heavy atom. The molecule has 0 aliphatic heterocycles. The molecular weight excluding hydrogens is 264 g/mol. The molecular formula is C16H14N4O. The van der Waals surface area contributed by atoms with Gasteiger partial charge in [0, 0.05) is 28.6 Å². The Balaban J connectivity index is 1.63. The minimum absolute atomic E-state index is 0.689. The first-order valence-electron chi connectivity index (χ1n) is 6.81. The molecule has 0 fully saturated rings. The first kappa shape index (κ1) is 12.0. The minimum Gasteiger partial charge on any atom is -0.464 e. The Bertz CT molecular complexity index is 922. The van der Waals surface area contributed by atoms with Crippen LogP contribution in [-0.4, -0.2) is 15.2 Å². The van der Waals surface area contributed by atoms with Crippen LogP contribution in [0, 0.1) is 6.92 Å². The van der Waals surface area contributed by atoms with Gasteiger partial charge >= 0.3 is 0 Å². The Morgan fingerprint density at radius 3 is 3.19 bits per heavy atom.